The summed E-state index contributed by atoms with van der Waals surface area (Å²) in [5.74, 6) is 0.177. The third-order valence-electron chi connectivity index (χ3n) is 5.63. The zero-order valence-corrected chi connectivity index (χ0v) is 19.9. The van der Waals surface area contributed by atoms with Crippen molar-refractivity contribution in [3.8, 4) is 5.75 Å². The van der Waals surface area contributed by atoms with Crippen molar-refractivity contribution in [2.75, 3.05) is 31.6 Å². The van der Waals surface area contributed by atoms with Crippen molar-refractivity contribution >= 4 is 29.2 Å². The topological polar surface area (TPSA) is 93.9 Å². The van der Waals surface area contributed by atoms with Crippen molar-refractivity contribution in [3.05, 3.63) is 58.9 Å². The van der Waals surface area contributed by atoms with Crippen LogP contribution in [0, 0.1) is 5.82 Å². The zero-order valence-electron chi connectivity index (χ0n) is 19.1. The summed E-state index contributed by atoms with van der Waals surface area (Å²) in [6, 6.07) is 10.7. The number of nitrogens with two attached hydrogens (primary N) is 1. The fraction of sp³-hybridized carbons (Fsp3) is 0.440. The molecule has 184 valence electrons. The number of primary amides is 1. The van der Waals surface area contributed by atoms with Gasteiger partial charge in [-0.25, -0.2) is 9.18 Å². The quantitative estimate of drug-likeness (QED) is 0.468. The molecule has 0 aliphatic carbocycles. The minimum atomic E-state index is -0.725. The van der Waals surface area contributed by atoms with Crippen LogP contribution in [-0.4, -0.2) is 49.2 Å². The third-order valence-corrected chi connectivity index (χ3v) is 5.87. The Morgan fingerprint density at radius 1 is 1.21 bits per heavy atom. The number of benzene rings is 2. The lowest BCUT2D eigenvalue weighted by molar-refractivity contribution is -0.132. The van der Waals surface area contributed by atoms with Crippen LogP contribution in [0.5, 0.6) is 5.75 Å². The molecule has 2 aromatic carbocycles. The van der Waals surface area contributed by atoms with Gasteiger partial charge in [0.1, 0.15) is 11.6 Å². The van der Waals surface area contributed by atoms with Gasteiger partial charge in [0.05, 0.1) is 24.8 Å². The highest BCUT2D eigenvalue weighted by molar-refractivity contribution is 6.31. The number of carbonyl (C=O) groups is 2. The predicted octanol–water partition coefficient (Wildman–Crippen LogP) is 4.77. The van der Waals surface area contributed by atoms with Gasteiger partial charge in [-0.15, -0.1) is 0 Å². The normalized spacial score (nSPS) is 16.1. The Labute approximate surface area is 204 Å². The van der Waals surface area contributed by atoms with Crippen LogP contribution in [-0.2, 0) is 16.0 Å². The van der Waals surface area contributed by atoms with E-state index in [1.165, 1.54) is 18.2 Å². The summed E-state index contributed by atoms with van der Waals surface area (Å²) in [6.07, 6.45) is 4.72. The van der Waals surface area contributed by atoms with Crippen LogP contribution in [0.2, 0.25) is 5.02 Å². The van der Waals surface area contributed by atoms with Crippen molar-refractivity contribution in [1.29, 1.82) is 0 Å². The van der Waals surface area contributed by atoms with E-state index in [0.29, 0.717) is 36.2 Å². The smallest absolute Gasteiger partial charge is 0.316 e. The van der Waals surface area contributed by atoms with Crippen LogP contribution in [0.1, 0.15) is 37.7 Å². The van der Waals surface area contributed by atoms with Gasteiger partial charge in [0.15, 0.2) is 0 Å². The number of anilines is 1. The zero-order chi connectivity index (χ0) is 24.3. The Morgan fingerprint density at radius 2 is 2.00 bits per heavy atom. The maximum atomic E-state index is 13.0. The van der Waals surface area contributed by atoms with Crippen LogP contribution >= 0.6 is 11.6 Å². The van der Waals surface area contributed by atoms with Gasteiger partial charge in [0.25, 0.3) is 0 Å². The number of aryl methyl sites for hydroxylation is 1. The summed E-state index contributed by atoms with van der Waals surface area (Å²) in [4.78, 5) is 25.8. The Hall–Kier alpha value is -2.84. The van der Waals surface area contributed by atoms with E-state index in [1.807, 2.05) is 17.0 Å². The van der Waals surface area contributed by atoms with Crippen molar-refractivity contribution in [3.63, 3.8) is 0 Å². The van der Waals surface area contributed by atoms with E-state index in [4.69, 9.17) is 26.8 Å². The molecule has 1 saturated heterocycles. The molecule has 0 bridgehead atoms. The van der Waals surface area contributed by atoms with Crippen molar-refractivity contribution < 1.29 is 23.5 Å². The monoisotopic (exact) mass is 491 g/mol. The maximum absolute atomic E-state index is 13.0. The number of rotatable bonds is 10. The van der Waals surface area contributed by atoms with Gasteiger partial charge < -0.3 is 25.4 Å². The number of ether oxygens (including phenoxy) is 2. The fourth-order valence-electron chi connectivity index (χ4n) is 3.91. The summed E-state index contributed by atoms with van der Waals surface area (Å²) < 4.78 is 24.7. The molecule has 1 aliphatic rings. The Bertz CT molecular complexity index is 958. The predicted molar refractivity (Wildman–Crippen MR) is 130 cm³/mol. The molecule has 3 rings (SSSR count). The number of halogens is 2. The van der Waals surface area contributed by atoms with Gasteiger partial charge in [0, 0.05) is 24.7 Å². The van der Waals surface area contributed by atoms with Gasteiger partial charge in [-0.05, 0) is 61.6 Å². The number of unbranched alkanes of at least 4 members (excludes halogenated alkanes) is 1. The molecule has 1 fully saturated rings. The molecule has 0 aromatic heterocycles. The van der Waals surface area contributed by atoms with E-state index >= 15 is 0 Å². The average Bonchev–Trinajstić information content (AvgIpc) is 3.05. The average molecular weight is 492 g/mol. The van der Waals surface area contributed by atoms with E-state index in [2.05, 4.69) is 5.32 Å². The largest absolute Gasteiger partial charge is 0.491 e. The molecular weight excluding hydrogens is 461 g/mol. The van der Waals surface area contributed by atoms with Gasteiger partial charge in [-0.3, -0.25) is 4.79 Å². The summed E-state index contributed by atoms with van der Waals surface area (Å²) in [7, 11) is 0. The van der Waals surface area contributed by atoms with Crippen LogP contribution < -0.4 is 15.8 Å². The molecule has 1 aliphatic heterocycles. The Kier molecular flexibility index (Phi) is 9.97. The van der Waals surface area contributed by atoms with E-state index in [0.717, 1.165) is 37.7 Å². The number of carbonyl (C=O) groups excluding carboxylic acids is 2. The molecule has 1 unspecified atom stereocenters. The molecule has 3 N–H and O–H groups in total. The van der Waals surface area contributed by atoms with Crippen molar-refractivity contribution in [1.82, 2.24) is 4.90 Å². The third kappa shape index (κ3) is 8.50. The van der Waals surface area contributed by atoms with Gasteiger partial charge in [0.2, 0.25) is 5.91 Å². The second-order valence-corrected chi connectivity index (χ2v) is 8.72. The lowest BCUT2D eigenvalue weighted by atomic mass is 10.0. The first-order valence-corrected chi connectivity index (χ1v) is 11.9. The van der Waals surface area contributed by atoms with Crippen LogP contribution in [0.3, 0.4) is 0 Å². The number of amides is 3. The standard InChI is InChI=1S/C25H31ClFN3O4/c26-19-8-11-23(22(16-19)29-25(28)32)34-15-12-24(31)30-13-3-14-33-21(17-30)5-2-1-4-18-6-9-20(27)10-7-18/h6-11,16,21H,1-5,12-15,17H2,(H3,28,29,32). The molecule has 0 saturated carbocycles. The highest BCUT2D eigenvalue weighted by atomic mass is 35.5. The molecule has 34 heavy (non-hydrogen) atoms. The number of urea groups is 1. The second kappa shape index (κ2) is 13.2. The first kappa shape index (κ1) is 25.8. The minimum Gasteiger partial charge on any atom is -0.491 e. The van der Waals surface area contributed by atoms with Crippen molar-refractivity contribution in [2.24, 2.45) is 5.73 Å². The summed E-state index contributed by atoms with van der Waals surface area (Å²) >= 11 is 5.96. The van der Waals surface area contributed by atoms with Gasteiger partial charge >= 0.3 is 6.03 Å². The molecule has 1 heterocycles. The summed E-state index contributed by atoms with van der Waals surface area (Å²) in [6.45, 7) is 2.01. The Morgan fingerprint density at radius 3 is 2.76 bits per heavy atom. The lowest BCUT2D eigenvalue weighted by Crippen LogP contribution is -2.37. The second-order valence-electron chi connectivity index (χ2n) is 8.29. The first-order chi connectivity index (χ1) is 16.4. The minimum absolute atomic E-state index is 0.000172. The molecule has 9 heteroatoms. The highest BCUT2D eigenvalue weighted by Gasteiger charge is 2.22. The van der Waals surface area contributed by atoms with Gasteiger partial charge in [-0.1, -0.05) is 30.2 Å². The lowest BCUT2D eigenvalue weighted by Gasteiger charge is -2.24. The summed E-state index contributed by atoms with van der Waals surface area (Å²) in [5.41, 5.74) is 6.67. The fourth-order valence-corrected chi connectivity index (χ4v) is 4.09. The van der Waals surface area contributed by atoms with Gasteiger partial charge in [-0.2, -0.15) is 0 Å². The number of hydrogen-bond donors (Lipinski definition) is 2. The molecule has 0 spiro atoms. The number of nitrogens with zero attached hydrogens (tertiary/aromatic N) is 1. The van der Waals surface area contributed by atoms with Crippen LogP contribution in [0.15, 0.2) is 42.5 Å². The van der Waals surface area contributed by atoms with E-state index in [1.54, 1.807) is 12.1 Å². The Balaban J connectivity index is 1.42. The van der Waals surface area contributed by atoms with Crippen LogP contribution in [0.25, 0.3) is 0 Å². The maximum Gasteiger partial charge on any atom is 0.316 e. The number of nitrogens with one attached hydrogen (secondary N) is 1. The SMILES string of the molecule is NC(=O)Nc1cc(Cl)ccc1OCCC(=O)N1CCCOC(CCCCc2ccc(F)cc2)C1. The van der Waals surface area contributed by atoms with E-state index in [-0.39, 0.29) is 30.9 Å². The molecule has 0 radical (unpaired) electrons. The van der Waals surface area contributed by atoms with E-state index in [9.17, 15) is 14.0 Å². The number of hydrogen-bond acceptors (Lipinski definition) is 4. The van der Waals surface area contributed by atoms with Crippen molar-refractivity contribution in [2.45, 2.75) is 44.6 Å². The van der Waals surface area contributed by atoms with E-state index < -0.39 is 6.03 Å². The van der Waals surface area contributed by atoms with Crippen LogP contribution in [0.4, 0.5) is 14.9 Å². The summed E-state index contributed by atoms with van der Waals surface area (Å²) in [5, 5.41) is 2.90. The molecule has 1 atom stereocenters. The molecule has 3 amide bonds. The highest BCUT2D eigenvalue weighted by Crippen LogP contribution is 2.28. The molecule has 7 nitrogen and oxygen atoms in total. The first-order valence-electron chi connectivity index (χ1n) is 11.5. The molecule has 2 aromatic rings. The molecular formula is C25H31ClFN3O4.